The van der Waals surface area contributed by atoms with Crippen LogP contribution >= 0.6 is 0 Å². The summed E-state index contributed by atoms with van der Waals surface area (Å²) in [6, 6.07) is -0.0154. The minimum absolute atomic E-state index is 0.0670. The van der Waals surface area contributed by atoms with Gasteiger partial charge in [0.15, 0.2) is 23.2 Å². The molecule has 2 rings (SSSR count). The molecule has 0 saturated carbocycles. The Labute approximate surface area is 212 Å². The number of Topliss-reactive ketones (excluding diaryl/α,β-unsaturated/α-hetero) is 1. The fourth-order valence-electron chi connectivity index (χ4n) is 2.84. The summed E-state index contributed by atoms with van der Waals surface area (Å²) in [4.78, 5) is 64.0. The largest absolute Gasteiger partial charge is 0.481 e. The van der Waals surface area contributed by atoms with Crippen LogP contribution in [0.1, 0.15) is 25.3 Å². The first-order valence-corrected chi connectivity index (χ1v) is 10.8. The van der Waals surface area contributed by atoms with Crippen molar-refractivity contribution in [2.24, 2.45) is 0 Å². The van der Waals surface area contributed by atoms with Crippen molar-refractivity contribution < 1.29 is 51.4 Å². The van der Waals surface area contributed by atoms with Crippen LogP contribution in [-0.4, -0.2) is 58.3 Å². The maximum absolute atomic E-state index is 13.8. The number of nitrogens with one attached hydrogen (secondary N) is 3. The zero-order chi connectivity index (χ0) is 28.6. The highest BCUT2D eigenvalue weighted by molar-refractivity contribution is 6.39. The highest BCUT2D eigenvalue weighted by Crippen LogP contribution is 2.26. The fraction of sp³-hybridized carbons (Fsp3) is 0.304. The number of hydrogen-bond donors (Lipinski definition) is 4. The van der Waals surface area contributed by atoms with Crippen LogP contribution < -0.4 is 20.7 Å². The molecule has 4 N–H and O–H groups in total. The van der Waals surface area contributed by atoms with Crippen molar-refractivity contribution in [1.82, 2.24) is 15.6 Å². The number of ketones is 1. The number of ether oxygens (including phenoxy) is 1. The lowest BCUT2D eigenvalue weighted by molar-refractivity contribution is -0.139. The molecule has 0 aliphatic rings. The third-order valence-electron chi connectivity index (χ3n) is 4.88. The van der Waals surface area contributed by atoms with Crippen LogP contribution in [0.5, 0.6) is 5.75 Å². The quantitative estimate of drug-likeness (QED) is 0.188. The van der Waals surface area contributed by atoms with Crippen molar-refractivity contribution in [3.8, 4) is 5.75 Å². The van der Waals surface area contributed by atoms with E-state index >= 15 is 0 Å². The van der Waals surface area contributed by atoms with Gasteiger partial charge in [-0.05, 0) is 31.9 Å². The summed E-state index contributed by atoms with van der Waals surface area (Å²) < 4.78 is 58.8. The third-order valence-corrected chi connectivity index (χ3v) is 4.88. The first kappa shape index (κ1) is 29.7. The predicted molar refractivity (Wildman–Crippen MR) is 121 cm³/mol. The summed E-state index contributed by atoms with van der Waals surface area (Å²) in [7, 11) is 0. The Bertz CT molecular complexity index is 1220. The first-order chi connectivity index (χ1) is 17.8. The zero-order valence-electron chi connectivity index (χ0n) is 19.9. The van der Waals surface area contributed by atoms with Crippen LogP contribution in [0.15, 0.2) is 24.4 Å². The maximum atomic E-state index is 13.8. The molecule has 2 aromatic rings. The Balaban J connectivity index is 2.03. The third kappa shape index (κ3) is 8.25. The van der Waals surface area contributed by atoms with Crippen LogP contribution in [0.25, 0.3) is 0 Å². The van der Waals surface area contributed by atoms with Gasteiger partial charge in [-0.1, -0.05) is 6.07 Å². The van der Waals surface area contributed by atoms with E-state index in [9.17, 15) is 41.5 Å². The van der Waals surface area contributed by atoms with Crippen LogP contribution in [0.4, 0.5) is 23.4 Å². The number of benzene rings is 1. The zero-order valence-corrected chi connectivity index (χ0v) is 19.9. The second-order valence-electron chi connectivity index (χ2n) is 7.92. The number of pyridine rings is 1. The molecule has 0 bridgehead atoms. The van der Waals surface area contributed by atoms with Crippen LogP contribution in [-0.2, 0) is 24.0 Å². The van der Waals surface area contributed by atoms with Crippen LogP contribution in [0.3, 0.4) is 0 Å². The number of aromatic nitrogens is 1. The van der Waals surface area contributed by atoms with Gasteiger partial charge < -0.3 is 25.8 Å². The Hall–Kier alpha value is -4.56. The van der Waals surface area contributed by atoms with Gasteiger partial charge in [0, 0.05) is 18.7 Å². The Kier molecular flexibility index (Phi) is 10.2. The van der Waals surface area contributed by atoms with Crippen molar-refractivity contribution in [3.63, 3.8) is 0 Å². The molecule has 3 amide bonds. The molecule has 2 unspecified atom stereocenters. The SMILES string of the molecule is Cc1ccc(NC(=O)C(=O)NC(C)C(=O)NC(CCC(=O)O)C(=O)COc2c(F)c(F)cc(F)c2F)nc1. The molecule has 38 heavy (non-hydrogen) atoms. The number of amides is 3. The van der Waals surface area contributed by atoms with Crippen molar-refractivity contribution in [2.45, 2.75) is 38.8 Å². The molecule has 1 heterocycles. The van der Waals surface area contributed by atoms with E-state index in [1.165, 1.54) is 12.3 Å². The molecule has 0 aliphatic carbocycles. The number of carboxylic acids is 1. The molecule has 204 valence electrons. The fourth-order valence-corrected chi connectivity index (χ4v) is 2.84. The highest BCUT2D eigenvalue weighted by Gasteiger charge is 2.28. The smallest absolute Gasteiger partial charge is 0.314 e. The van der Waals surface area contributed by atoms with Crippen molar-refractivity contribution in [1.29, 1.82) is 0 Å². The summed E-state index contributed by atoms with van der Waals surface area (Å²) in [6.45, 7) is 1.71. The van der Waals surface area contributed by atoms with Gasteiger partial charge in [-0.3, -0.25) is 24.0 Å². The number of anilines is 1. The number of carbonyl (C=O) groups is 5. The standard InChI is InChI=1S/C23H22F4N4O7/c1-10-3-5-16(28-8-10)31-23(37)22(36)29-11(2)21(35)30-14(4-6-17(33)34)15(32)9-38-20-18(26)12(24)7-13(25)19(20)27/h3,5,7-8,11,14H,4,6,9H2,1-2H3,(H,29,36)(H,30,35)(H,33,34)(H,28,31,37). The van der Waals surface area contributed by atoms with E-state index in [1.54, 1.807) is 13.0 Å². The molecule has 11 nitrogen and oxygen atoms in total. The van der Waals surface area contributed by atoms with Gasteiger partial charge in [-0.15, -0.1) is 0 Å². The van der Waals surface area contributed by atoms with Gasteiger partial charge in [0.25, 0.3) is 0 Å². The molecule has 0 fully saturated rings. The molecule has 2 atom stereocenters. The van der Waals surface area contributed by atoms with E-state index in [4.69, 9.17) is 5.11 Å². The summed E-state index contributed by atoms with van der Waals surface area (Å²) >= 11 is 0. The van der Waals surface area contributed by atoms with Crippen LogP contribution in [0, 0.1) is 30.2 Å². The number of nitrogens with zero attached hydrogens (tertiary/aromatic N) is 1. The first-order valence-electron chi connectivity index (χ1n) is 10.8. The van der Waals surface area contributed by atoms with E-state index in [0.717, 1.165) is 12.5 Å². The van der Waals surface area contributed by atoms with Gasteiger partial charge in [0.1, 0.15) is 18.5 Å². The molecule has 1 aromatic carbocycles. The topological polar surface area (TPSA) is 164 Å². The Morgan fingerprint density at radius 1 is 1.00 bits per heavy atom. The Morgan fingerprint density at radius 2 is 1.63 bits per heavy atom. The normalized spacial score (nSPS) is 12.2. The average Bonchev–Trinajstić information content (AvgIpc) is 2.86. The van der Waals surface area contributed by atoms with Gasteiger partial charge in [0.2, 0.25) is 17.5 Å². The lowest BCUT2D eigenvalue weighted by atomic mass is 10.1. The molecule has 1 aromatic heterocycles. The van der Waals surface area contributed by atoms with Crippen molar-refractivity contribution >= 4 is 35.3 Å². The van der Waals surface area contributed by atoms with Gasteiger partial charge in [-0.2, -0.15) is 8.78 Å². The lowest BCUT2D eigenvalue weighted by Crippen LogP contribution is -2.52. The number of carbonyl (C=O) groups excluding carboxylic acids is 4. The molecule has 0 saturated heterocycles. The second kappa shape index (κ2) is 13.1. The second-order valence-corrected chi connectivity index (χ2v) is 7.92. The Morgan fingerprint density at radius 3 is 2.18 bits per heavy atom. The van der Waals surface area contributed by atoms with E-state index in [2.05, 4.69) is 25.7 Å². The number of carboxylic acid groups (broad SMARTS) is 1. The van der Waals surface area contributed by atoms with Crippen LogP contribution in [0.2, 0.25) is 0 Å². The van der Waals surface area contributed by atoms with Gasteiger partial charge in [0.05, 0.1) is 6.04 Å². The minimum Gasteiger partial charge on any atom is -0.481 e. The molecule has 0 aliphatic heterocycles. The van der Waals surface area contributed by atoms with Crippen molar-refractivity contribution in [2.75, 3.05) is 11.9 Å². The summed E-state index contributed by atoms with van der Waals surface area (Å²) in [5.41, 5.74) is 0.800. The lowest BCUT2D eigenvalue weighted by Gasteiger charge is -2.20. The van der Waals surface area contributed by atoms with E-state index in [-0.39, 0.29) is 11.9 Å². The average molecular weight is 542 g/mol. The van der Waals surface area contributed by atoms with E-state index < -0.39 is 90.0 Å². The van der Waals surface area contributed by atoms with E-state index in [0.29, 0.717) is 0 Å². The summed E-state index contributed by atoms with van der Waals surface area (Å²) in [6.07, 6.45) is 0.293. The number of aryl methyl sites for hydroxylation is 1. The number of halogens is 4. The molecular weight excluding hydrogens is 520 g/mol. The molecule has 0 spiro atoms. The molecular formula is C23H22F4N4O7. The minimum atomic E-state index is -1.90. The predicted octanol–water partition coefficient (Wildman–Crippen LogP) is 1.39. The van der Waals surface area contributed by atoms with Gasteiger partial charge >= 0.3 is 17.8 Å². The van der Waals surface area contributed by atoms with Crippen molar-refractivity contribution in [3.05, 3.63) is 53.2 Å². The summed E-state index contributed by atoms with van der Waals surface area (Å²) in [5.74, 6) is -14.7. The number of hydrogen-bond acceptors (Lipinski definition) is 7. The maximum Gasteiger partial charge on any atom is 0.314 e. The number of rotatable bonds is 11. The monoisotopic (exact) mass is 542 g/mol. The number of aliphatic carboxylic acids is 1. The van der Waals surface area contributed by atoms with Gasteiger partial charge in [-0.25, -0.2) is 13.8 Å². The molecule has 15 heteroatoms. The van der Waals surface area contributed by atoms with E-state index in [1.807, 2.05) is 0 Å². The highest BCUT2D eigenvalue weighted by atomic mass is 19.2. The molecule has 0 radical (unpaired) electrons. The summed E-state index contributed by atoms with van der Waals surface area (Å²) in [5, 5.41) is 15.3.